The van der Waals surface area contributed by atoms with Crippen LogP contribution in [0.3, 0.4) is 0 Å². The summed E-state index contributed by atoms with van der Waals surface area (Å²) in [7, 11) is 2.12. The molecule has 1 aromatic carbocycles. The summed E-state index contributed by atoms with van der Waals surface area (Å²) >= 11 is 0. The maximum absolute atomic E-state index is 12.7. The highest BCUT2D eigenvalue weighted by molar-refractivity contribution is 5.95. The molecule has 0 bridgehead atoms. The quantitative estimate of drug-likeness (QED) is 0.833. The number of nitrogen functional groups attached to an aromatic ring is 1. The molecule has 1 fully saturated rings. The molecule has 1 aromatic rings. The fourth-order valence-electron chi connectivity index (χ4n) is 2.92. The van der Waals surface area contributed by atoms with Crippen molar-refractivity contribution in [3.63, 3.8) is 0 Å². The zero-order valence-corrected chi connectivity index (χ0v) is 14.1. The summed E-state index contributed by atoms with van der Waals surface area (Å²) < 4.78 is 0. The van der Waals surface area contributed by atoms with E-state index in [1.54, 1.807) is 0 Å². The summed E-state index contributed by atoms with van der Waals surface area (Å²) in [4.78, 5) is 17.3. The number of aryl methyl sites for hydroxylation is 1. The molecule has 3 N–H and O–H groups in total. The van der Waals surface area contributed by atoms with E-state index in [1.165, 1.54) is 0 Å². The number of piperazine rings is 1. The van der Waals surface area contributed by atoms with Crippen molar-refractivity contribution < 1.29 is 4.79 Å². The van der Waals surface area contributed by atoms with Gasteiger partial charge < -0.3 is 16.0 Å². The number of nitrogens with one attached hydrogen (secondary N) is 1. The van der Waals surface area contributed by atoms with E-state index in [-0.39, 0.29) is 17.9 Å². The second-order valence-corrected chi connectivity index (χ2v) is 6.59. The number of hydrogen-bond acceptors (Lipinski definition) is 4. The van der Waals surface area contributed by atoms with Gasteiger partial charge in [-0.1, -0.05) is 19.9 Å². The molecule has 1 atom stereocenters. The van der Waals surface area contributed by atoms with E-state index in [4.69, 9.17) is 5.73 Å². The Balaban J connectivity index is 2.07. The summed E-state index contributed by atoms with van der Waals surface area (Å²) in [6.07, 6.45) is 0. The number of hydrogen-bond donors (Lipinski definition) is 2. The third-order valence-corrected chi connectivity index (χ3v) is 4.38. The summed E-state index contributed by atoms with van der Waals surface area (Å²) in [6.45, 7) is 10.0. The van der Waals surface area contributed by atoms with E-state index in [9.17, 15) is 4.79 Å². The van der Waals surface area contributed by atoms with Crippen LogP contribution in [0.25, 0.3) is 0 Å². The van der Waals surface area contributed by atoms with E-state index in [0.29, 0.717) is 5.69 Å². The predicted molar refractivity (Wildman–Crippen MR) is 91.9 cm³/mol. The van der Waals surface area contributed by atoms with Crippen molar-refractivity contribution in [1.82, 2.24) is 9.80 Å². The second kappa shape index (κ2) is 7.11. The fraction of sp³-hybridized carbons (Fsp3) is 0.588. The lowest BCUT2D eigenvalue weighted by atomic mass is 10.0. The van der Waals surface area contributed by atoms with E-state index >= 15 is 0 Å². The molecule has 0 radical (unpaired) electrons. The van der Waals surface area contributed by atoms with Gasteiger partial charge in [0.1, 0.15) is 0 Å². The molecule has 2 rings (SSSR count). The number of nitrogens with two attached hydrogens (primary N) is 1. The van der Waals surface area contributed by atoms with Crippen molar-refractivity contribution in [2.45, 2.75) is 26.8 Å². The first kappa shape index (κ1) is 16.8. The minimum atomic E-state index is -0.101. The first-order valence-electron chi connectivity index (χ1n) is 7.98. The Hall–Kier alpha value is -1.59. The van der Waals surface area contributed by atoms with Crippen LogP contribution in [0.5, 0.6) is 0 Å². The maximum atomic E-state index is 12.7. The molecule has 0 aromatic heterocycles. The molecule has 22 heavy (non-hydrogen) atoms. The Labute approximate surface area is 133 Å². The van der Waals surface area contributed by atoms with Crippen LogP contribution in [-0.2, 0) is 4.79 Å². The summed E-state index contributed by atoms with van der Waals surface area (Å²) in [5.41, 5.74) is 8.43. The van der Waals surface area contributed by atoms with Gasteiger partial charge >= 0.3 is 0 Å². The zero-order valence-electron chi connectivity index (χ0n) is 14.1. The molecule has 1 aliphatic rings. The Morgan fingerprint density at radius 1 is 1.23 bits per heavy atom. The number of benzene rings is 1. The van der Waals surface area contributed by atoms with Crippen molar-refractivity contribution in [1.29, 1.82) is 0 Å². The van der Waals surface area contributed by atoms with E-state index < -0.39 is 0 Å². The van der Waals surface area contributed by atoms with Gasteiger partial charge in [0, 0.05) is 37.6 Å². The highest BCUT2D eigenvalue weighted by Crippen LogP contribution is 2.20. The Morgan fingerprint density at radius 2 is 1.86 bits per heavy atom. The average Bonchev–Trinajstić information content (AvgIpc) is 2.45. The first-order chi connectivity index (χ1) is 10.4. The van der Waals surface area contributed by atoms with Gasteiger partial charge in [-0.05, 0) is 37.6 Å². The Bertz CT molecular complexity index is 521. The molecular formula is C17H28N4O. The van der Waals surface area contributed by atoms with Crippen molar-refractivity contribution in [2.24, 2.45) is 5.92 Å². The van der Waals surface area contributed by atoms with Gasteiger partial charge in [0.05, 0.1) is 6.04 Å². The van der Waals surface area contributed by atoms with Gasteiger partial charge in [-0.15, -0.1) is 0 Å². The molecule has 1 heterocycles. The summed E-state index contributed by atoms with van der Waals surface area (Å²) in [5.74, 6) is 0.328. The number of nitrogens with zero attached hydrogens (tertiary/aromatic N) is 2. The van der Waals surface area contributed by atoms with Gasteiger partial charge in [0.15, 0.2) is 0 Å². The van der Waals surface area contributed by atoms with Crippen LogP contribution < -0.4 is 11.1 Å². The van der Waals surface area contributed by atoms with Crippen molar-refractivity contribution in [2.75, 3.05) is 44.3 Å². The van der Waals surface area contributed by atoms with Crippen LogP contribution in [0.2, 0.25) is 0 Å². The molecule has 122 valence electrons. The predicted octanol–water partition coefficient (Wildman–Crippen LogP) is 1.79. The number of likely N-dealkylation sites (N-methyl/N-ethyl adjacent to an activating group) is 1. The van der Waals surface area contributed by atoms with Gasteiger partial charge in [-0.2, -0.15) is 0 Å². The molecule has 1 saturated heterocycles. The van der Waals surface area contributed by atoms with Gasteiger partial charge in [-0.25, -0.2) is 0 Å². The number of carbonyl (C=O) groups excluding carboxylic acids is 1. The zero-order chi connectivity index (χ0) is 16.3. The molecule has 1 amide bonds. The smallest absolute Gasteiger partial charge is 0.241 e. The second-order valence-electron chi connectivity index (χ2n) is 6.59. The van der Waals surface area contributed by atoms with Gasteiger partial charge in [0.2, 0.25) is 5.91 Å². The van der Waals surface area contributed by atoms with Crippen molar-refractivity contribution >= 4 is 17.3 Å². The third-order valence-electron chi connectivity index (χ3n) is 4.38. The van der Waals surface area contributed by atoms with Crippen LogP contribution in [0.4, 0.5) is 11.4 Å². The number of amides is 1. The van der Waals surface area contributed by atoms with Gasteiger partial charge in [0.25, 0.3) is 0 Å². The first-order valence-corrected chi connectivity index (χ1v) is 7.98. The third kappa shape index (κ3) is 3.99. The summed E-state index contributed by atoms with van der Waals surface area (Å²) in [6, 6.07) is 5.57. The fourth-order valence-corrected chi connectivity index (χ4v) is 2.92. The van der Waals surface area contributed by atoms with Crippen molar-refractivity contribution in [3.05, 3.63) is 23.8 Å². The average molecular weight is 304 g/mol. The number of anilines is 2. The Kier molecular flexibility index (Phi) is 5.42. The van der Waals surface area contributed by atoms with Crippen LogP contribution >= 0.6 is 0 Å². The molecule has 1 unspecified atom stereocenters. The molecule has 5 heteroatoms. The lowest BCUT2D eigenvalue weighted by molar-refractivity contribution is -0.123. The minimum Gasteiger partial charge on any atom is -0.398 e. The maximum Gasteiger partial charge on any atom is 0.241 e. The summed E-state index contributed by atoms with van der Waals surface area (Å²) in [5, 5.41) is 3.03. The van der Waals surface area contributed by atoms with Crippen LogP contribution in [0, 0.1) is 12.8 Å². The number of carbonyl (C=O) groups is 1. The Morgan fingerprint density at radius 3 is 2.41 bits per heavy atom. The lowest BCUT2D eigenvalue weighted by Crippen LogP contribution is -2.54. The topological polar surface area (TPSA) is 61.6 Å². The molecule has 0 saturated carbocycles. The molecule has 0 spiro atoms. The highest BCUT2D eigenvalue weighted by atomic mass is 16.2. The molecule has 0 aliphatic carbocycles. The lowest BCUT2D eigenvalue weighted by Gasteiger charge is -2.38. The molecule has 1 aliphatic heterocycles. The van der Waals surface area contributed by atoms with Crippen LogP contribution in [0.1, 0.15) is 19.4 Å². The van der Waals surface area contributed by atoms with E-state index in [0.717, 1.165) is 37.4 Å². The standard InChI is InChI=1S/C17H28N4O/c1-12(2)16(21-9-7-20(4)8-10-21)17(22)19-14-6-5-13(3)15(18)11-14/h5-6,11-12,16H,7-10,18H2,1-4H3,(H,19,22). The highest BCUT2D eigenvalue weighted by Gasteiger charge is 2.30. The molecular weight excluding hydrogens is 276 g/mol. The minimum absolute atomic E-state index is 0.0582. The van der Waals surface area contributed by atoms with Crippen LogP contribution in [0.15, 0.2) is 18.2 Å². The van der Waals surface area contributed by atoms with Crippen molar-refractivity contribution in [3.8, 4) is 0 Å². The normalized spacial score (nSPS) is 18.4. The van der Waals surface area contributed by atoms with Gasteiger partial charge in [-0.3, -0.25) is 9.69 Å². The number of rotatable bonds is 4. The monoisotopic (exact) mass is 304 g/mol. The van der Waals surface area contributed by atoms with Crippen LogP contribution in [-0.4, -0.2) is 55.0 Å². The van der Waals surface area contributed by atoms with E-state index in [2.05, 4.69) is 36.0 Å². The SMILES string of the molecule is Cc1ccc(NC(=O)C(C(C)C)N2CCN(C)CC2)cc1N. The van der Waals surface area contributed by atoms with E-state index in [1.807, 2.05) is 25.1 Å². The molecule has 5 nitrogen and oxygen atoms in total. The largest absolute Gasteiger partial charge is 0.398 e.